The molecule has 3 aromatic rings. The molecule has 0 atom stereocenters. The van der Waals surface area contributed by atoms with Gasteiger partial charge in [0.2, 0.25) is 0 Å². The number of halogens is 1. The summed E-state index contributed by atoms with van der Waals surface area (Å²) >= 11 is 0. The molecule has 0 saturated carbocycles. The van der Waals surface area contributed by atoms with E-state index >= 15 is 0 Å². The van der Waals surface area contributed by atoms with E-state index in [4.69, 9.17) is 10.5 Å². The summed E-state index contributed by atoms with van der Waals surface area (Å²) in [6.45, 7) is 0.208. The Morgan fingerprint density at radius 1 is 1.07 bits per heavy atom. The highest BCUT2D eigenvalue weighted by atomic mass is 19.1. The largest absolute Gasteiger partial charge is 0.497 e. The smallest absolute Gasteiger partial charge is 0.128 e. The van der Waals surface area contributed by atoms with Gasteiger partial charge in [0.1, 0.15) is 11.6 Å². The van der Waals surface area contributed by atoms with Crippen molar-refractivity contribution >= 4 is 11.4 Å². The standard InChI is InChI=1S/C22H20FN3O/c1-27-18-11-9-16(10-12-18)22(14-20(24)21-8-4-5-13-25-21)26-15-17-6-2-3-7-19(17)23/h2-14H,15,24H2,1H3. The summed E-state index contributed by atoms with van der Waals surface area (Å²) in [5, 5.41) is 0. The number of ether oxygens (including phenoxy) is 1. The van der Waals surface area contributed by atoms with Gasteiger partial charge >= 0.3 is 0 Å². The number of allylic oxidation sites excluding steroid dienone is 1. The monoisotopic (exact) mass is 361 g/mol. The van der Waals surface area contributed by atoms with Crippen LogP contribution in [-0.4, -0.2) is 17.8 Å². The second-order valence-corrected chi connectivity index (χ2v) is 5.84. The Labute approximate surface area is 157 Å². The van der Waals surface area contributed by atoms with E-state index in [9.17, 15) is 4.39 Å². The predicted octanol–water partition coefficient (Wildman–Crippen LogP) is 4.22. The van der Waals surface area contributed by atoms with E-state index in [1.807, 2.05) is 42.5 Å². The highest BCUT2D eigenvalue weighted by molar-refractivity contribution is 6.11. The molecule has 2 N–H and O–H groups in total. The van der Waals surface area contributed by atoms with Gasteiger partial charge < -0.3 is 10.5 Å². The van der Waals surface area contributed by atoms with E-state index in [0.717, 1.165) is 11.3 Å². The topological polar surface area (TPSA) is 60.5 Å². The minimum Gasteiger partial charge on any atom is -0.497 e. The van der Waals surface area contributed by atoms with Crippen LogP contribution >= 0.6 is 0 Å². The van der Waals surface area contributed by atoms with Crippen LogP contribution < -0.4 is 10.5 Å². The van der Waals surface area contributed by atoms with E-state index in [1.54, 1.807) is 37.6 Å². The fourth-order valence-corrected chi connectivity index (χ4v) is 2.53. The van der Waals surface area contributed by atoms with Gasteiger partial charge in [-0.25, -0.2) is 4.39 Å². The molecule has 0 fully saturated rings. The van der Waals surface area contributed by atoms with Crippen molar-refractivity contribution in [3.63, 3.8) is 0 Å². The van der Waals surface area contributed by atoms with Crippen molar-refractivity contribution in [3.05, 3.63) is 102 Å². The maximum atomic E-state index is 13.9. The van der Waals surface area contributed by atoms with E-state index < -0.39 is 0 Å². The van der Waals surface area contributed by atoms with Crippen molar-refractivity contribution < 1.29 is 9.13 Å². The molecular formula is C22H20FN3O. The number of aromatic nitrogens is 1. The van der Waals surface area contributed by atoms with Gasteiger partial charge in [-0.15, -0.1) is 0 Å². The molecule has 0 bridgehead atoms. The number of benzene rings is 2. The fraction of sp³-hybridized carbons (Fsp3) is 0.0909. The third kappa shape index (κ3) is 4.79. The van der Waals surface area contributed by atoms with Gasteiger partial charge in [0, 0.05) is 17.3 Å². The fourth-order valence-electron chi connectivity index (χ4n) is 2.53. The lowest BCUT2D eigenvalue weighted by atomic mass is 10.1. The molecule has 0 saturated heterocycles. The minimum absolute atomic E-state index is 0.208. The first-order chi connectivity index (χ1) is 13.2. The number of methoxy groups -OCH3 is 1. The van der Waals surface area contributed by atoms with Gasteiger partial charge in [-0.1, -0.05) is 24.3 Å². The molecule has 0 aliphatic carbocycles. The van der Waals surface area contributed by atoms with Crippen molar-refractivity contribution in [2.24, 2.45) is 10.7 Å². The second kappa shape index (κ2) is 8.76. The molecule has 0 amide bonds. The molecule has 3 rings (SSSR count). The predicted molar refractivity (Wildman–Crippen MR) is 106 cm³/mol. The average Bonchev–Trinajstić information content (AvgIpc) is 2.72. The number of hydrogen-bond acceptors (Lipinski definition) is 4. The molecular weight excluding hydrogens is 341 g/mol. The molecule has 0 aliphatic rings. The zero-order valence-electron chi connectivity index (χ0n) is 15.0. The van der Waals surface area contributed by atoms with E-state index in [2.05, 4.69) is 9.98 Å². The second-order valence-electron chi connectivity index (χ2n) is 5.84. The lowest BCUT2D eigenvalue weighted by Crippen LogP contribution is -2.06. The molecule has 4 nitrogen and oxygen atoms in total. The third-order valence-corrected chi connectivity index (χ3v) is 4.02. The summed E-state index contributed by atoms with van der Waals surface area (Å²) in [6.07, 6.45) is 3.44. The van der Waals surface area contributed by atoms with Gasteiger partial charge in [0.25, 0.3) is 0 Å². The van der Waals surface area contributed by atoms with Gasteiger partial charge in [-0.2, -0.15) is 0 Å². The van der Waals surface area contributed by atoms with Crippen molar-refractivity contribution in [1.29, 1.82) is 0 Å². The maximum absolute atomic E-state index is 13.9. The Morgan fingerprint density at radius 2 is 1.81 bits per heavy atom. The summed E-state index contributed by atoms with van der Waals surface area (Å²) in [5.41, 5.74) is 9.37. The highest BCUT2D eigenvalue weighted by Crippen LogP contribution is 2.16. The average molecular weight is 361 g/mol. The first-order valence-corrected chi connectivity index (χ1v) is 8.48. The van der Waals surface area contributed by atoms with Crippen LogP contribution in [0.4, 0.5) is 4.39 Å². The molecule has 5 heteroatoms. The number of nitrogens with zero attached hydrogens (tertiary/aromatic N) is 2. The van der Waals surface area contributed by atoms with Crippen LogP contribution in [0.1, 0.15) is 16.8 Å². The number of nitrogens with two attached hydrogens (primary N) is 1. The first kappa shape index (κ1) is 18.3. The van der Waals surface area contributed by atoms with Crippen LogP contribution in [-0.2, 0) is 6.54 Å². The lowest BCUT2D eigenvalue weighted by Gasteiger charge is -2.07. The molecule has 0 spiro atoms. The van der Waals surface area contributed by atoms with Crippen LogP contribution in [0.2, 0.25) is 0 Å². The van der Waals surface area contributed by atoms with Crippen LogP contribution in [0.25, 0.3) is 5.70 Å². The van der Waals surface area contributed by atoms with Crippen molar-refractivity contribution in [2.45, 2.75) is 6.54 Å². The SMILES string of the molecule is COc1ccc(C(C=C(N)c2ccccn2)=NCc2ccccc2F)cc1. The number of rotatable bonds is 6. The lowest BCUT2D eigenvalue weighted by molar-refractivity contribution is 0.415. The Bertz CT molecular complexity index is 951. The van der Waals surface area contributed by atoms with Crippen LogP contribution in [0, 0.1) is 5.82 Å². The summed E-state index contributed by atoms with van der Waals surface area (Å²) in [5.74, 6) is 0.464. The Hall–Kier alpha value is -3.47. The minimum atomic E-state index is -0.281. The molecule has 1 aromatic heterocycles. The Balaban J connectivity index is 1.97. The molecule has 2 aromatic carbocycles. The molecule has 0 unspecified atom stereocenters. The van der Waals surface area contributed by atoms with Gasteiger partial charge in [0.15, 0.2) is 0 Å². The van der Waals surface area contributed by atoms with Gasteiger partial charge in [0.05, 0.1) is 30.8 Å². The Kier molecular flexibility index (Phi) is 5.94. The van der Waals surface area contributed by atoms with E-state index in [1.165, 1.54) is 6.07 Å². The Morgan fingerprint density at radius 3 is 2.48 bits per heavy atom. The van der Waals surface area contributed by atoms with Crippen LogP contribution in [0.3, 0.4) is 0 Å². The third-order valence-electron chi connectivity index (χ3n) is 4.02. The summed E-state index contributed by atoms with van der Waals surface area (Å²) in [6, 6.07) is 19.6. The summed E-state index contributed by atoms with van der Waals surface area (Å²) in [4.78, 5) is 8.85. The summed E-state index contributed by atoms with van der Waals surface area (Å²) in [7, 11) is 1.61. The molecule has 0 radical (unpaired) electrons. The summed E-state index contributed by atoms with van der Waals surface area (Å²) < 4.78 is 19.1. The zero-order chi connectivity index (χ0) is 19.1. The van der Waals surface area contributed by atoms with Crippen LogP contribution in [0.15, 0.2) is 84.0 Å². The van der Waals surface area contributed by atoms with E-state index in [0.29, 0.717) is 22.7 Å². The number of pyridine rings is 1. The molecule has 136 valence electrons. The molecule has 27 heavy (non-hydrogen) atoms. The first-order valence-electron chi connectivity index (χ1n) is 8.48. The van der Waals surface area contributed by atoms with Gasteiger partial charge in [-0.3, -0.25) is 9.98 Å². The maximum Gasteiger partial charge on any atom is 0.128 e. The van der Waals surface area contributed by atoms with Crippen molar-refractivity contribution in [1.82, 2.24) is 4.98 Å². The van der Waals surface area contributed by atoms with Crippen LogP contribution in [0.5, 0.6) is 5.75 Å². The van der Waals surface area contributed by atoms with Crippen molar-refractivity contribution in [3.8, 4) is 5.75 Å². The van der Waals surface area contributed by atoms with Gasteiger partial charge in [-0.05, 0) is 48.5 Å². The number of aliphatic imine (C=N–C) groups is 1. The normalized spacial score (nSPS) is 12.1. The van der Waals surface area contributed by atoms with E-state index in [-0.39, 0.29) is 12.4 Å². The molecule has 1 heterocycles. The van der Waals surface area contributed by atoms with Crippen molar-refractivity contribution in [2.75, 3.05) is 7.11 Å². The molecule has 0 aliphatic heterocycles. The highest BCUT2D eigenvalue weighted by Gasteiger charge is 2.06. The quantitative estimate of drug-likeness (QED) is 0.669. The zero-order valence-corrected chi connectivity index (χ0v) is 15.0. The number of hydrogen-bond donors (Lipinski definition) is 1.